The summed E-state index contributed by atoms with van der Waals surface area (Å²) in [7, 11) is -3.29. The van der Waals surface area contributed by atoms with E-state index >= 15 is 0 Å². The minimum Gasteiger partial charge on any atom is -0.459 e. The summed E-state index contributed by atoms with van der Waals surface area (Å²) >= 11 is 0. The van der Waals surface area contributed by atoms with Gasteiger partial charge in [-0.15, -0.1) is 0 Å². The molecule has 0 amide bonds. The Kier molecular flexibility index (Phi) is 3.45. The molecular formula is C13H17NO3S. The lowest BCUT2D eigenvalue weighted by Crippen LogP contribution is -2.32. The van der Waals surface area contributed by atoms with Crippen molar-refractivity contribution in [3.63, 3.8) is 0 Å². The molecule has 1 aromatic heterocycles. The lowest BCUT2D eigenvalue weighted by atomic mass is 10.2. The highest BCUT2D eigenvalue weighted by Gasteiger charge is 2.21. The third-order valence-electron chi connectivity index (χ3n) is 2.83. The van der Waals surface area contributed by atoms with Gasteiger partial charge in [-0.3, -0.25) is 0 Å². The monoisotopic (exact) mass is 267 g/mol. The molecular weight excluding hydrogens is 250 g/mol. The van der Waals surface area contributed by atoms with Crippen LogP contribution in [0.15, 0.2) is 34.7 Å². The minimum atomic E-state index is -3.29. The molecule has 18 heavy (non-hydrogen) atoms. The summed E-state index contributed by atoms with van der Waals surface area (Å²) in [6, 6.07) is 9.10. The fourth-order valence-corrected chi connectivity index (χ4v) is 2.54. The molecule has 0 aliphatic heterocycles. The largest absolute Gasteiger partial charge is 0.459 e. The Labute approximate surface area is 107 Å². The van der Waals surface area contributed by atoms with Gasteiger partial charge in [0.15, 0.2) is 0 Å². The fraction of sp³-hybridized carbons (Fsp3) is 0.385. The molecule has 1 unspecified atom stereocenters. The number of hydrogen-bond donors (Lipinski definition) is 1. The lowest BCUT2D eigenvalue weighted by Gasteiger charge is -2.14. The summed E-state index contributed by atoms with van der Waals surface area (Å²) in [5, 5.41) is 0.521. The highest BCUT2D eigenvalue weighted by molar-refractivity contribution is 7.90. The second kappa shape index (κ2) is 4.74. The van der Waals surface area contributed by atoms with E-state index in [0.29, 0.717) is 5.76 Å². The van der Waals surface area contributed by atoms with Crippen LogP contribution in [0.5, 0.6) is 0 Å². The van der Waals surface area contributed by atoms with E-state index in [1.807, 2.05) is 30.3 Å². The van der Waals surface area contributed by atoms with Crippen molar-refractivity contribution in [3.8, 4) is 0 Å². The van der Waals surface area contributed by atoms with Crippen molar-refractivity contribution in [1.29, 1.82) is 0 Å². The van der Waals surface area contributed by atoms with Gasteiger partial charge in [0.05, 0.1) is 11.3 Å². The summed E-state index contributed by atoms with van der Waals surface area (Å²) in [5.41, 5.74) is 0.767. The Balaban J connectivity index is 2.26. The zero-order chi connectivity index (χ0) is 13.3. The number of fused-ring (bicyclic) bond motifs is 1. The molecule has 1 N–H and O–H groups in total. The van der Waals surface area contributed by atoms with Gasteiger partial charge in [-0.2, -0.15) is 0 Å². The molecule has 0 aliphatic carbocycles. The average Bonchev–Trinajstić information content (AvgIpc) is 2.71. The molecule has 0 radical (unpaired) electrons. The van der Waals surface area contributed by atoms with Crippen molar-refractivity contribution in [3.05, 3.63) is 36.1 Å². The molecule has 0 saturated heterocycles. The van der Waals surface area contributed by atoms with E-state index in [2.05, 4.69) is 4.72 Å². The second-order valence-corrected chi connectivity index (χ2v) is 6.89. The van der Waals surface area contributed by atoms with Crippen LogP contribution >= 0.6 is 0 Å². The van der Waals surface area contributed by atoms with Gasteiger partial charge in [-0.1, -0.05) is 18.2 Å². The number of rotatable bonds is 4. The normalized spacial score (nSPS) is 14.2. The molecule has 4 nitrogen and oxygen atoms in total. The predicted octanol–water partition coefficient (Wildman–Crippen LogP) is 2.82. The number of sulfonamides is 1. The van der Waals surface area contributed by atoms with Crippen LogP contribution in [-0.2, 0) is 10.0 Å². The first-order valence-electron chi connectivity index (χ1n) is 5.90. The Morgan fingerprint density at radius 1 is 1.17 bits per heavy atom. The Hall–Kier alpha value is -1.33. The fourth-order valence-electron chi connectivity index (χ4n) is 1.66. The molecule has 0 bridgehead atoms. The third-order valence-corrected chi connectivity index (χ3v) is 4.76. The van der Waals surface area contributed by atoms with E-state index < -0.39 is 15.3 Å². The maximum Gasteiger partial charge on any atom is 0.214 e. The van der Waals surface area contributed by atoms with Gasteiger partial charge in [-0.25, -0.2) is 13.1 Å². The van der Waals surface area contributed by atoms with E-state index in [1.54, 1.807) is 20.8 Å². The molecule has 98 valence electrons. The molecule has 1 heterocycles. The van der Waals surface area contributed by atoms with E-state index in [-0.39, 0.29) is 6.04 Å². The van der Waals surface area contributed by atoms with Crippen molar-refractivity contribution in [2.45, 2.75) is 32.1 Å². The van der Waals surface area contributed by atoms with Crippen LogP contribution in [0, 0.1) is 0 Å². The number of para-hydroxylation sites is 1. The van der Waals surface area contributed by atoms with Crippen LogP contribution in [-0.4, -0.2) is 13.7 Å². The standard InChI is InChI=1S/C13H17NO3S/c1-9(2)18(15,16)14-10(3)13-8-11-6-4-5-7-12(11)17-13/h4-10,14H,1-3H3. The van der Waals surface area contributed by atoms with Gasteiger partial charge in [0, 0.05) is 5.39 Å². The quantitative estimate of drug-likeness (QED) is 0.926. The molecule has 2 aromatic rings. The van der Waals surface area contributed by atoms with Gasteiger partial charge in [0.25, 0.3) is 0 Å². The summed E-state index contributed by atoms with van der Waals surface area (Å²) in [6.07, 6.45) is 0. The summed E-state index contributed by atoms with van der Waals surface area (Å²) in [4.78, 5) is 0. The number of nitrogens with one attached hydrogen (secondary N) is 1. The SMILES string of the molecule is CC(NS(=O)(=O)C(C)C)c1cc2ccccc2o1. The maximum absolute atomic E-state index is 11.8. The number of hydrogen-bond acceptors (Lipinski definition) is 3. The third kappa shape index (κ3) is 2.57. The Bertz CT molecular complexity index is 610. The van der Waals surface area contributed by atoms with Crippen molar-refractivity contribution in [1.82, 2.24) is 4.72 Å². The van der Waals surface area contributed by atoms with Crippen LogP contribution in [0.2, 0.25) is 0 Å². The van der Waals surface area contributed by atoms with E-state index in [1.165, 1.54) is 0 Å². The molecule has 2 rings (SSSR count). The molecule has 1 aromatic carbocycles. The second-order valence-electron chi connectivity index (χ2n) is 4.62. The van der Waals surface area contributed by atoms with Crippen molar-refractivity contribution < 1.29 is 12.8 Å². The topological polar surface area (TPSA) is 59.3 Å². The van der Waals surface area contributed by atoms with Crippen LogP contribution in [0.4, 0.5) is 0 Å². The van der Waals surface area contributed by atoms with Crippen LogP contribution in [0.3, 0.4) is 0 Å². The van der Waals surface area contributed by atoms with Crippen molar-refractivity contribution in [2.75, 3.05) is 0 Å². The molecule has 1 atom stereocenters. The first-order chi connectivity index (χ1) is 8.40. The maximum atomic E-state index is 11.8. The predicted molar refractivity (Wildman–Crippen MR) is 71.8 cm³/mol. The first-order valence-corrected chi connectivity index (χ1v) is 7.44. The van der Waals surface area contributed by atoms with E-state index in [9.17, 15) is 8.42 Å². The highest BCUT2D eigenvalue weighted by Crippen LogP contribution is 2.24. The lowest BCUT2D eigenvalue weighted by molar-refractivity contribution is 0.482. The van der Waals surface area contributed by atoms with Gasteiger partial charge < -0.3 is 4.42 Å². The summed E-state index contributed by atoms with van der Waals surface area (Å²) in [5.74, 6) is 0.625. The molecule has 5 heteroatoms. The van der Waals surface area contributed by atoms with Gasteiger partial charge in [0.1, 0.15) is 11.3 Å². The van der Waals surface area contributed by atoms with Gasteiger partial charge in [-0.05, 0) is 32.9 Å². The molecule has 0 spiro atoms. The summed E-state index contributed by atoms with van der Waals surface area (Å²) in [6.45, 7) is 5.07. The summed E-state index contributed by atoms with van der Waals surface area (Å²) < 4.78 is 31.8. The van der Waals surface area contributed by atoms with E-state index in [0.717, 1.165) is 11.0 Å². The first kappa shape index (κ1) is 13.1. The Morgan fingerprint density at radius 2 is 1.83 bits per heavy atom. The Morgan fingerprint density at radius 3 is 2.44 bits per heavy atom. The number of furan rings is 1. The van der Waals surface area contributed by atoms with E-state index in [4.69, 9.17) is 4.42 Å². The van der Waals surface area contributed by atoms with Crippen LogP contribution in [0.1, 0.15) is 32.6 Å². The number of benzene rings is 1. The molecule has 0 saturated carbocycles. The average molecular weight is 267 g/mol. The zero-order valence-corrected chi connectivity index (χ0v) is 11.5. The van der Waals surface area contributed by atoms with Crippen molar-refractivity contribution >= 4 is 21.0 Å². The van der Waals surface area contributed by atoms with Gasteiger partial charge in [0.2, 0.25) is 10.0 Å². The highest BCUT2D eigenvalue weighted by atomic mass is 32.2. The van der Waals surface area contributed by atoms with Crippen LogP contribution in [0.25, 0.3) is 11.0 Å². The molecule has 0 fully saturated rings. The minimum absolute atomic E-state index is 0.371. The van der Waals surface area contributed by atoms with Gasteiger partial charge >= 0.3 is 0 Å². The molecule has 0 aliphatic rings. The van der Waals surface area contributed by atoms with Crippen molar-refractivity contribution in [2.24, 2.45) is 0 Å². The smallest absolute Gasteiger partial charge is 0.214 e. The van der Waals surface area contributed by atoms with Crippen LogP contribution < -0.4 is 4.72 Å². The zero-order valence-electron chi connectivity index (χ0n) is 10.7.